The third kappa shape index (κ3) is 2.85. The van der Waals surface area contributed by atoms with Crippen molar-refractivity contribution in [2.45, 2.75) is 45.8 Å². The van der Waals surface area contributed by atoms with E-state index in [1.807, 2.05) is 13.0 Å². The fourth-order valence-corrected chi connectivity index (χ4v) is 2.75. The fraction of sp³-hybridized carbons (Fsp3) is 0.562. The second-order valence-corrected chi connectivity index (χ2v) is 5.49. The second-order valence-electron chi connectivity index (χ2n) is 5.49. The third-order valence-electron chi connectivity index (χ3n) is 4.18. The Bertz CT molecular complexity index is 473. The first-order valence-electron chi connectivity index (χ1n) is 7.39. The molecule has 0 spiro atoms. The first-order valence-corrected chi connectivity index (χ1v) is 7.39. The first kappa shape index (κ1) is 15.0. The van der Waals surface area contributed by atoms with Gasteiger partial charge in [0.25, 0.3) is 0 Å². The molecule has 4 heteroatoms. The lowest BCUT2D eigenvalue weighted by atomic mass is 10.0. The summed E-state index contributed by atoms with van der Waals surface area (Å²) in [6.07, 6.45) is 1.71. The summed E-state index contributed by atoms with van der Waals surface area (Å²) in [5, 5.41) is 3.20. The Balaban J connectivity index is 2.26. The lowest BCUT2D eigenvalue weighted by Gasteiger charge is -2.28. The number of carbonyl (C=O) groups is 1. The van der Waals surface area contributed by atoms with E-state index in [4.69, 9.17) is 0 Å². The van der Waals surface area contributed by atoms with Crippen molar-refractivity contribution in [2.75, 3.05) is 6.54 Å². The summed E-state index contributed by atoms with van der Waals surface area (Å²) in [4.78, 5) is 14.1. The Labute approximate surface area is 120 Å². The van der Waals surface area contributed by atoms with Gasteiger partial charge in [0, 0.05) is 12.1 Å². The van der Waals surface area contributed by atoms with E-state index in [2.05, 4.69) is 19.2 Å². The van der Waals surface area contributed by atoms with Crippen LogP contribution in [0, 0.1) is 11.7 Å². The van der Waals surface area contributed by atoms with Gasteiger partial charge in [0.1, 0.15) is 12.0 Å². The maximum absolute atomic E-state index is 14.0. The number of halogens is 1. The van der Waals surface area contributed by atoms with Crippen LogP contribution in [0.5, 0.6) is 0 Å². The third-order valence-corrected chi connectivity index (χ3v) is 4.18. The van der Waals surface area contributed by atoms with Crippen LogP contribution in [0.4, 0.5) is 4.39 Å². The molecule has 1 N–H and O–H groups in total. The molecule has 2 rings (SSSR count). The minimum atomic E-state index is -0.348. The van der Waals surface area contributed by atoms with Crippen molar-refractivity contribution in [3.63, 3.8) is 0 Å². The van der Waals surface area contributed by atoms with E-state index in [-0.39, 0.29) is 23.9 Å². The van der Waals surface area contributed by atoms with Gasteiger partial charge in [0.2, 0.25) is 5.91 Å². The monoisotopic (exact) mass is 278 g/mol. The van der Waals surface area contributed by atoms with Crippen molar-refractivity contribution in [3.05, 3.63) is 35.6 Å². The zero-order valence-electron chi connectivity index (χ0n) is 12.4. The molecule has 0 bridgehead atoms. The van der Waals surface area contributed by atoms with Gasteiger partial charge in [-0.2, -0.15) is 0 Å². The van der Waals surface area contributed by atoms with E-state index >= 15 is 0 Å². The zero-order valence-corrected chi connectivity index (χ0v) is 12.4. The van der Waals surface area contributed by atoms with Gasteiger partial charge in [-0.25, -0.2) is 4.39 Å². The first-order chi connectivity index (χ1) is 9.58. The molecule has 0 aliphatic carbocycles. The molecule has 1 heterocycles. The van der Waals surface area contributed by atoms with Gasteiger partial charge in [-0.1, -0.05) is 44.9 Å². The van der Waals surface area contributed by atoms with Crippen LogP contribution < -0.4 is 5.32 Å². The Morgan fingerprint density at radius 3 is 2.55 bits per heavy atom. The van der Waals surface area contributed by atoms with Gasteiger partial charge < -0.3 is 4.90 Å². The van der Waals surface area contributed by atoms with Gasteiger partial charge in [0.05, 0.1) is 6.04 Å². The molecule has 2 atom stereocenters. The van der Waals surface area contributed by atoms with Crippen molar-refractivity contribution in [2.24, 2.45) is 5.92 Å². The SMILES string of the molecule is CCC(CC)CN1C(=O)C(C)NC1c1ccccc1F. The molecule has 0 radical (unpaired) electrons. The van der Waals surface area contributed by atoms with Crippen molar-refractivity contribution in [3.8, 4) is 0 Å². The quantitative estimate of drug-likeness (QED) is 0.897. The van der Waals surface area contributed by atoms with Gasteiger partial charge in [-0.15, -0.1) is 0 Å². The summed E-state index contributed by atoms with van der Waals surface area (Å²) in [6.45, 7) is 6.78. The van der Waals surface area contributed by atoms with Gasteiger partial charge in [0.15, 0.2) is 0 Å². The topological polar surface area (TPSA) is 32.3 Å². The molecular formula is C16H23FN2O. The van der Waals surface area contributed by atoms with E-state index in [1.54, 1.807) is 17.0 Å². The number of carbonyl (C=O) groups excluding carboxylic acids is 1. The fourth-order valence-electron chi connectivity index (χ4n) is 2.75. The van der Waals surface area contributed by atoms with Gasteiger partial charge >= 0.3 is 0 Å². The Morgan fingerprint density at radius 2 is 1.95 bits per heavy atom. The molecule has 1 saturated heterocycles. The smallest absolute Gasteiger partial charge is 0.241 e. The molecule has 1 fully saturated rings. The van der Waals surface area contributed by atoms with Crippen LogP contribution in [-0.2, 0) is 4.79 Å². The molecule has 0 aromatic heterocycles. The minimum Gasteiger partial charge on any atom is -0.321 e. The van der Waals surface area contributed by atoms with Crippen LogP contribution in [0.1, 0.15) is 45.3 Å². The van der Waals surface area contributed by atoms with Crippen LogP contribution in [-0.4, -0.2) is 23.4 Å². The van der Waals surface area contributed by atoms with E-state index in [0.29, 0.717) is 18.0 Å². The van der Waals surface area contributed by atoms with Crippen molar-refractivity contribution in [1.29, 1.82) is 0 Å². The lowest BCUT2D eigenvalue weighted by molar-refractivity contribution is -0.130. The predicted octanol–water partition coefficient (Wildman–Crippen LogP) is 3.08. The molecular weight excluding hydrogens is 255 g/mol. The van der Waals surface area contributed by atoms with E-state index in [1.165, 1.54) is 6.07 Å². The summed E-state index contributed by atoms with van der Waals surface area (Å²) in [5.41, 5.74) is 0.552. The number of rotatable bonds is 5. The van der Waals surface area contributed by atoms with Gasteiger partial charge in [-0.05, 0) is 18.9 Å². The highest BCUT2D eigenvalue weighted by atomic mass is 19.1. The predicted molar refractivity (Wildman–Crippen MR) is 77.5 cm³/mol. The maximum atomic E-state index is 14.0. The molecule has 2 unspecified atom stereocenters. The molecule has 20 heavy (non-hydrogen) atoms. The highest BCUT2D eigenvalue weighted by molar-refractivity contribution is 5.84. The summed E-state index contributed by atoms with van der Waals surface area (Å²) in [5.74, 6) is 0.256. The number of amides is 1. The Hall–Kier alpha value is -1.42. The van der Waals surface area contributed by atoms with Gasteiger partial charge in [-0.3, -0.25) is 10.1 Å². The minimum absolute atomic E-state index is 0.0603. The number of hydrogen-bond acceptors (Lipinski definition) is 2. The molecule has 3 nitrogen and oxygen atoms in total. The average Bonchev–Trinajstić information content (AvgIpc) is 2.73. The summed E-state index contributed by atoms with van der Waals surface area (Å²) < 4.78 is 14.0. The zero-order chi connectivity index (χ0) is 14.7. The summed E-state index contributed by atoms with van der Waals surface area (Å²) >= 11 is 0. The van der Waals surface area contributed by atoms with Crippen molar-refractivity contribution < 1.29 is 9.18 Å². The number of hydrogen-bond donors (Lipinski definition) is 1. The molecule has 1 aromatic carbocycles. The number of nitrogens with one attached hydrogen (secondary N) is 1. The van der Waals surface area contributed by atoms with Crippen molar-refractivity contribution >= 4 is 5.91 Å². The standard InChI is InChI=1S/C16H23FN2O/c1-4-12(5-2)10-19-15(18-11(3)16(19)20)13-8-6-7-9-14(13)17/h6-9,11-12,15,18H,4-5,10H2,1-3H3. The Morgan fingerprint density at radius 1 is 1.30 bits per heavy atom. The van der Waals surface area contributed by atoms with Crippen LogP contribution in [0.15, 0.2) is 24.3 Å². The van der Waals surface area contributed by atoms with Crippen LogP contribution >= 0.6 is 0 Å². The Kier molecular flexibility index (Phi) is 4.76. The molecule has 0 saturated carbocycles. The summed E-state index contributed by atoms with van der Waals surface area (Å²) in [7, 11) is 0. The normalized spacial score (nSPS) is 22.9. The molecule has 110 valence electrons. The van der Waals surface area contributed by atoms with E-state index in [0.717, 1.165) is 12.8 Å². The largest absolute Gasteiger partial charge is 0.321 e. The van der Waals surface area contributed by atoms with E-state index < -0.39 is 0 Å². The van der Waals surface area contributed by atoms with Crippen LogP contribution in [0.2, 0.25) is 0 Å². The molecule has 1 aliphatic rings. The lowest BCUT2D eigenvalue weighted by Crippen LogP contribution is -2.35. The maximum Gasteiger partial charge on any atom is 0.241 e. The number of benzene rings is 1. The average molecular weight is 278 g/mol. The van der Waals surface area contributed by atoms with Crippen molar-refractivity contribution in [1.82, 2.24) is 10.2 Å². The molecule has 1 aromatic rings. The molecule has 1 amide bonds. The molecule has 1 aliphatic heterocycles. The highest BCUT2D eigenvalue weighted by Gasteiger charge is 2.38. The van der Waals surface area contributed by atoms with Crippen LogP contribution in [0.25, 0.3) is 0 Å². The van der Waals surface area contributed by atoms with Crippen LogP contribution in [0.3, 0.4) is 0 Å². The highest BCUT2D eigenvalue weighted by Crippen LogP contribution is 2.28. The summed E-state index contributed by atoms with van der Waals surface area (Å²) in [6, 6.07) is 6.42. The van der Waals surface area contributed by atoms with E-state index in [9.17, 15) is 9.18 Å². The number of nitrogens with zero attached hydrogens (tertiary/aromatic N) is 1. The second kappa shape index (κ2) is 6.35.